The van der Waals surface area contributed by atoms with Crippen LogP contribution in [0.3, 0.4) is 0 Å². The van der Waals surface area contributed by atoms with Gasteiger partial charge in [-0.05, 0) is 55.8 Å². The van der Waals surface area contributed by atoms with E-state index >= 15 is 0 Å². The molecule has 23 heavy (non-hydrogen) atoms. The lowest BCUT2D eigenvalue weighted by atomic mass is 10.1. The Morgan fingerprint density at radius 1 is 1.13 bits per heavy atom. The van der Waals surface area contributed by atoms with E-state index in [1.54, 1.807) is 31.2 Å². The molecule has 2 N–H and O–H groups in total. The summed E-state index contributed by atoms with van der Waals surface area (Å²) in [4.78, 5) is 23.8. The molecule has 0 atom stereocenters. The molecular weight excluding hydrogens is 360 g/mol. The van der Waals surface area contributed by atoms with Crippen molar-refractivity contribution in [2.24, 2.45) is 0 Å². The van der Waals surface area contributed by atoms with Crippen LogP contribution in [0, 0.1) is 6.92 Å². The largest absolute Gasteiger partial charge is 0.450 e. The highest BCUT2D eigenvalue weighted by molar-refractivity contribution is 9.10. The van der Waals surface area contributed by atoms with E-state index < -0.39 is 6.09 Å². The van der Waals surface area contributed by atoms with Crippen LogP contribution in [0.25, 0.3) is 0 Å². The average Bonchev–Trinajstić information content (AvgIpc) is 2.50. The van der Waals surface area contributed by atoms with Gasteiger partial charge in [-0.15, -0.1) is 0 Å². The van der Waals surface area contributed by atoms with Crippen molar-refractivity contribution in [1.82, 2.24) is 0 Å². The van der Waals surface area contributed by atoms with E-state index in [-0.39, 0.29) is 12.5 Å². The molecule has 0 aromatic heterocycles. The Labute approximate surface area is 143 Å². The molecule has 2 aromatic rings. The molecular formula is C17H17BrN2O3. The van der Waals surface area contributed by atoms with Crippen molar-refractivity contribution in [3.63, 3.8) is 0 Å². The number of benzene rings is 2. The van der Waals surface area contributed by atoms with Gasteiger partial charge in [0.15, 0.2) is 0 Å². The Bertz CT molecular complexity index is 732. The summed E-state index contributed by atoms with van der Waals surface area (Å²) in [6.45, 7) is 3.93. The van der Waals surface area contributed by atoms with Gasteiger partial charge in [-0.1, -0.05) is 22.0 Å². The summed E-state index contributed by atoms with van der Waals surface area (Å²) in [6.07, 6.45) is -0.547. The van der Waals surface area contributed by atoms with E-state index in [0.29, 0.717) is 11.3 Å². The lowest BCUT2D eigenvalue weighted by Gasteiger charge is -2.10. The normalized spacial score (nSPS) is 10.0. The number of carbonyl (C=O) groups excluding carboxylic acids is 2. The maximum Gasteiger partial charge on any atom is 0.411 e. The zero-order valence-electron chi connectivity index (χ0n) is 12.9. The predicted molar refractivity (Wildman–Crippen MR) is 93.9 cm³/mol. The van der Waals surface area contributed by atoms with Gasteiger partial charge in [-0.3, -0.25) is 10.1 Å². The van der Waals surface area contributed by atoms with Gasteiger partial charge in [-0.2, -0.15) is 0 Å². The third-order valence-electron chi connectivity index (χ3n) is 3.08. The molecule has 0 fully saturated rings. The second-order valence-corrected chi connectivity index (χ2v) is 5.76. The summed E-state index contributed by atoms with van der Waals surface area (Å²) in [7, 11) is 0. The van der Waals surface area contributed by atoms with Crippen LogP contribution in [0.2, 0.25) is 0 Å². The highest BCUT2D eigenvalue weighted by atomic mass is 79.9. The predicted octanol–water partition coefficient (Wildman–Crippen LogP) is 4.58. The summed E-state index contributed by atoms with van der Waals surface area (Å²) in [5.41, 5.74) is 2.64. The van der Waals surface area contributed by atoms with Crippen LogP contribution in [0.5, 0.6) is 0 Å². The number of halogens is 1. The number of amides is 2. The molecule has 120 valence electrons. The third-order valence-corrected chi connectivity index (χ3v) is 3.58. The number of nitrogens with one attached hydrogen (secondary N) is 2. The number of hydrogen-bond acceptors (Lipinski definition) is 3. The minimum Gasteiger partial charge on any atom is -0.450 e. The Hall–Kier alpha value is -2.34. The first-order valence-corrected chi connectivity index (χ1v) is 7.90. The second kappa shape index (κ2) is 7.78. The number of carbonyl (C=O) groups is 2. The third kappa shape index (κ3) is 4.82. The fourth-order valence-corrected chi connectivity index (χ4v) is 2.46. The van der Waals surface area contributed by atoms with Gasteiger partial charge in [0.25, 0.3) is 5.91 Å². The van der Waals surface area contributed by atoms with E-state index in [1.807, 2.05) is 25.1 Å². The molecule has 5 nitrogen and oxygen atoms in total. The summed E-state index contributed by atoms with van der Waals surface area (Å²) in [5.74, 6) is -0.247. The van der Waals surface area contributed by atoms with Crippen molar-refractivity contribution in [3.8, 4) is 0 Å². The molecule has 0 unspecified atom stereocenters. The standard InChI is InChI=1S/C17H17BrN2O3/c1-3-23-17(22)19-14-6-4-5-12(10-14)16(21)20-15-8-7-13(18)9-11(15)2/h4-10H,3H2,1-2H3,(H,19,22)(H,20,21). The van der Waals surface area contributed by atoms with E-state index in [0.717, 1.165) is 15.7 Å². The Morgan fingerprint density at radius 3 is 2.61 bits per heavy atom. The fraction of sp³-hybridized carbons (Fsp3) is 0.176. The van der Waals surface area contributed by atoms with Crippen LogP contribution >= 0.6 is 15.9 Å². The number of hydrogen-bond donors (Lipinski definition) is 2. The lowest BCUT2D eigenvalue weighted by Crippen LogP contribution is -2.15. The maximum absolute atomic E-state index is 12.3. The van der Waals surface area contributed by atoms with Crippen LogP contribution in [-0.2, 0) is 4.74 Å². The van der Waals surface area contributed by atoms with Gasteiger partial charge < -0.3 is 10.1 Å². The van der Waals surface area contributed by atoms with Gasteiger partial charge in [-0.25, -0.2) is 4.79 Å². The first-order valence-electron chi connectivity index (χ1n) is 7.11. The van der Waals surface area contributed by atoms with Crippen molar-refractivity contribution in [2.45, 2.75) is 13.8 Å². The molecule has 6 heteroatoms. The molecule has 0 bridgehead atoms. The zero-order valence-corrected chi connectivity index (χ0v) is 14.4. The highest BCUT2D eigenvalue weighted by Gasteiger charge is 2.10. The summed E-state index contributed by atoms with van der Waals surface area (Å²) < 4.78 is 5.77. The number of rotatable bonds is 4. The van der Waals surface area contributed by atoms with E-state index in [1.165, 1.54) is 0 Å². The van der Waals surface area contributed by atoms with Crippen LogP contribution in [0.4, 0.5) is 16.2 Å². The van der Waals surface area contributed by atoms with E-state index in [2.05, 4.69) is 26.6 Å². The van der Waals surface area contributed by atoms with Crippen molar-refractivity contribution >= 4 is 39.3 Å². The van der Waals surface area contributed by atoms with Crippen molar-refractivity contribution in [1.29, 1.82) is 0 Å². The van der Waals surface area contributed by atoms with Crippen molar-refractivity contribution in [3.05, 3.63) is 58.1 Å². The molecule has 0 saturated heterocycles. The molecule has 2 amide bonds. The summed E-state index contributed by atoms with van der Waals surface area (Å²) in [5, 5.41) is 5.43. The van der Waals surface area contributed by atoms with Crippen LogP contribution in [0.1, 0.15) is 22.8 Å². The minimum atomic E-state index is -0.547. The highest BCUT2D eigenvalue weighted by Crippen LogP contribution is 2.21. The van der Waals surface area contributed by atoms with E-state index in [4.69, 9.17) is 4.74 Å². The van der Waals surface area contributed by atoms with Crippen LogP contribution in [0.15, 0.2) is 46.9 Å². The SMILES string of the molecule is CCOC(=O)Nc1cccc(C(=O)Nc2ccc(Br)cc2C)c1. The maximum atomic E-state index is 12.3. The molecule has 0 aliphatic carbocycles. The monoisotopic (exact) mass is 376 g/mol. The Kier molecular flexibility index (Phi) is 5.76. The number of aryl methyl sites for hydroxylation is 1. The molecule has 0 saturated carbocycles. The summed E-state index contributed by atoms with van der Waals surface area (Å²) >= 11 is 3.39. The minimum absolute atomic E-state index is 0.247. The first-order chi connectivity index (χ1) is 11.0. The number of ether oxygens (including phenoxy) is 1. The lowest BCUT2D eigenvalue weighted by molar-refractivity contribution is 0.102. The fourth-order valence-electron chi connectivity index (χ4n) is 1.99. The average molecular weight is 377 g/mol. The van der Waals surface area contributed by atoms with Gasteiger partial charge in [0.2, 0.25) is 0 Å². The molecule has 2 aromatic carbocycles. The Balaban J connectivity index is 2.11. The van der Waals surface area contributed by atoms with E-state index in [9.17, 15) is 9.59 Å². The van der Waals surface area contributed by atoms with Crippen molar-refractivity contribution in [2.75, 3.05) is 17.2 Å². The molecule has 0 spiro atoms. The molecule has 0 aliphatic rings. The van der Waals surface area contributed by atoms with Gasteiger partial charge in [0.1, 0.15) is 0 Å². The van der Waals surface area contributed by atoms with Crippen LogP contribution < -0.4 is 10.6 Å². The first kappa shape index (κ1) is 17.0. The summed E-state index contributed by atoms with van der Waals surface area (Å²) in [6, 6.07) is 12.3. The zero-order chi connectivity index (χ0) is 16.8. The molecule has 0 aliphatic heterocycles. The topological polar surface area (TPSA) is 67.4 Å². The van der Waals surface area contributed by atoms with Gasteiger partial charge in [0.05, 0.1) is 6.61 Å². The van der Waals surface area contributed by atoms with Crippen LogP contribution in [-0.4, -0.2) is 18.6 Å². The molecule has 0 heterocycles. The quantitative estimate of drug-likeness (QED) is 0.820. The number of anilines is 2. The smallest absolute Gasteiger partial charge is 0.411 e. The molecule has 0 radical (unpaired) electrons. The second-order valence-electron chi connectivity index (χ2n) is 4.84. The molecule has 2 rings (SSSR count). The van der Waals surface area contributed by atoms with Gasteiger partial charge in [0, 0.05) is 21.4 Å². The van der Waals surface area contributed by atoms with Crippen molar-refractivity contribution < 1.29 is 14.3 Å². The van der Waals surface area contributed by atoms with Gasteiger partial charge >= 0.3 is 6.09 Å². The Morgan fingerprint density at radius 2 is 1.91 bits per heavy atom.